The van der Waals surface area contributed by atoms with Gasteiger partial charge in [0.2, 0.25) is 11.8 Å². The molecular formula is C25H25N3O3. The number of aromatic nitrogens is 1. The third-order valence-electron chi connectivity index (χ3n) is 5.43. The van der Waals surface area contributed by atoms with Gasteiger partial charge in [0.1, 0.15) is 6.10 Å². The van der Waals surface area contributed by atoms with Gasteiger partial charge in [0.05, 0.1) is 24.5 Å². The zero-order chi connectivity index (χ0) is 21.6. The topological polar surface area (TPSA) is 85.5 Å². The van der Waals surface area contributed by atoms with Gasteiger partial charge in [-0.3, -0.25) is 9.59 Å². The van der Waals surface area contributed by atoms with Gasteiger partial charge in [0.25, 0.3) is 0 Å². The molecule has 0 aliphatic carbocycles. The second-order valence-corrected chi connectivity index (χ2v) is 7.58. The minimum Gasteiger partial charge on any atom is -0.368 e. The molecule has 1 atom stereocenters. The lowest BCUT2D eigenvalue weighted by Gasteiger charge is -2.33. The molecule has 1 aliphatic rings. The van der Waals surface area contributed by atoms with Crippen molar-refractivity contribution in [1.82, 2.24) is 9.88 Å². The average Bonchev–Trinajstić information content (AvgIpc) is 2.83. The van der Waals surface area contributed by atoms with Crippen molar-refractivity contribution in [3.63, 3.8) is 0 Å². The maximum atomic E-state index is 12.7. The molecular weight excluding hydrogens is 390 g/mol. The fourth-order valence-electron chi connectivity index (χ4n) is 3.73. The molecule has 0 saturated carbocycles. The van der Waals surface area contributed by atoms with Crippen molar-refractivity contribution in [1.29, 1.82) is 0 Å². The Morgan fingerprint density at radius 3 is 2.65 bits per heavy atom. The predicted octanol–water partition coefficient (Wildman–Crippen LogP) is 3.38. The number of amides is 2. The van der Waals surface area contributed by atoms with E-state index in [2.05, 4.69) is 0 Å². The van der Waals surface area contributed by atoms with E-state index in [4.69, 9.17) is 15.5 Å². The Hall–Kier alpha value is -3.51. The van der Waals surface area contributed by atoms with Crippen LogP contribution in [0.25, 0.3) is 11.3 Å². The van der Waals surface area contributed by atoms with Crippen LogP contribution in [0.2, 0.25) is 0 Å². The second kappa shape index (κ2) is 9.53. The summed E-state index contributed by atoms with van der Waals surface area (Å²) in [6.45, 7) is 1.54. The SMILES string of the molecule is NC(=O)c1cccc(-c2cccc([C@@H]3CN(C(=O)CCc4ccccc4)CCO3)n2)c1. The van der Waals surface area contributed by atoms with Crippen LogP contribution >= 0.6 is 0 Å². The number of hydrogen-bond acceptors (Lipinski definition) is 4. The van der Waals surface area contributed by atoms with E-state index in [1.165, 1.54) is 0 Å². The molecule has 2 amide bonds. The number of hydrogen-bond donors (Lipinski definition) is 1. The number of aryl methyl sites for hydroxylation is 1. The number of carbonyl (C=O) groups is 2. The number of ether oxygens (including phenoxy) is 1. The van der Waals surface area contributed by atoms with E-state index in [0.717, 1.165) is 28.9 Å². The van der Waals surface area contributed by atoms with Crippen molar-refractivity contribution in [2.45, 2.75) is 18.9 Å². The molecule has 2 aromatic carbocycles. The van der Waals surface area contributed by atoms with E-state index in [0.29, 0.717) is 31.7 Å². The molecule has 2 heterocycles. The minimum atomic E-state index is -0.474. The number of rotatable bonds is 6. The first kappa shape index (κ1) is 20.8. The highest BCUT2D eigenvalue weighted by Gasteiger charge is 2.26. The summed E-state index contributed by atoms with van der Waals surface area (Å²) in [4.78, 5) is 30.8. The summed E-state index contributed by atoms with van der Waals surface area (Å²) in [5.74, 6) is -0.347. The van der Waals surface area contributed by atoms with Crippen LogP contribution in [0.1, 0.15) is 34.1 Å². The van der Waals surface area contributed by atoms with Gasteiger partial charge in [-0.05, 0) is 36.2 Å². The molecule has 1 aliphatic heterocycles. The van der Waals surface area contributed by atoms with Crippen LogP contribution in [0.4, 0.5) is 0 Å². The second-order valence-electron chi connectivity index (χ2n) is 7.58. The Balaban J connectivity index is 1.45. The highest BCUT2D eigenvalue weighted by atomic mass is 16.5. The molecule has 2 N–H and O–H groups in total. The lowest BCUT2D eigenvalue weighted by Crippen LogP contribution is -2.42. The maximum absolute atomic E-state index is 12.7. The summed E-state index contributed by atoms with van der Waals surface area (Å²) in [5.41, 5.74) is 9.30. The van der Waals surface area contributed by atoms with Crippen molar-refractivity contribution >= 4 is 11.8 Å². The zero-order valence-electron chi connectivity index (χ0n) is 17.2. The van der Waals surface area contributed by atoms with Crippen molar-refractivity contribution in [3.05, 3.63) is 89.6 Å². The quantitative estimate of drug-likeness (QED) is 0.669. The van der Waals surface area contributed by atoms with Gasteiger partial charge < -0.3 is 15.4 Å². The summed E-state index contributed by atoms with van der Waals surface area (Å²) in [5, 5.41) is 0. The first-order valence-corrected chi connectivity index (χ1v) is 10.4. The van der Waals surface area contributed by atoms with Crippen LogP contribution in [0.5, 0.6) is 0 Å². The fraction of sp³-hybridized carbons (Fsp3) is 0.240. The van der Waals surface area contributed by atoms with Gasteiger partial charge in [-0.1, -0.05) is 48.5 Å². The van der Waals surface area contributed by atoms with Crippen molar-refractivity contribution < 1.29 is 14.3 Å². The maximum Gasteiger partial charge on any atom is 0.248 e. The normalized spacial score (nSPS) is 16.1. The third kappa shape index (κ3) is 5.16. The predicted molar refractivity (Wildman–Crippen MR) is 118 cm³/mol. The molecule has 31 heavy (non-hydrogen) atoms. The standard InChI is InChI=1S/C25H25N3O3/c26-25(30)20-9-4-8-19(16-20)21-10-5-11-22(27-21)23-17-28(14-15-31-23)24(29)13-12-18-6-2-1-3-7-18/h1-11,16,23H,12-15,17H2,(H2,26,30)/t23-/m0/s1. The third-order valence-corrected chi connectivity index (χ3v) is 5.43. The van der Waals surface area contributed by atoms with Crippen molar-refractivity contribution in [3.8, 4) is 11.3 Å². The van der Waals surface area contributed by atoms with Gasteiger partial charge in [-0.2, -0.15) is 0 Å². The molecule has 4 rings (SSSR count). The minimum absolute atomic E-state index is 0.127. The molecule has 0 unspecified atom stereocenters. The number of morpholine rings is 1. The van der Waals surface area contributed by atoms with Crippen molar-refractivity contribution in [2.75, 3.05) is 19.7 Å². The molecule has 1 fully saturated rings. The van der Waals surface area contributed by atoms with Crippen LogP contribution in [0, 0.1) is 0 Å². The number of nitrogens with zero attached hydrogens (tertiary/aromatic N) is 2. The zero-order valence-corrected chi connectivity index (χ0v) is 17.2. The Bertz CT molecular complexity index is 1070. The molecule has 6 nitrogen and oxygen atoms in total. The van der Waals surface area contributed by atoms with Crippen LogP contribution in [0.3, 0.4) is 0 Å². The molecule has 3 aromatic rings. The summed E-state index contributed by atoms with van der Waals surface area (Å²) in [7, 11) is 0. The van der Waals surface area contributed by atoms with E-state index in [9.17, 15) is 9.59 Å². The van der Waals surface area contributed by atoms with Gasteiger partial charge in [-0.25, -0.2) is 4.98 Å². The van der Waals surface area contributed by atoms with Crippen LogP contribution in [-0.2, 0) is 16.0 Å². The average molecular weight is 415 g/mol. The van der Waals surface area contributed by atoms with Gasteiger partial charge in [0, 0.05) is 24.1 Å². The molecule has 158 valence electrons. The summed E-state index contributed by atoms with van der Waals surface area (Å²) in [6, 6.07) is 22.8. The van der Waals surface area contributed by atoms with E-state index >= 15 is 0 Å². The van der Waals surface area contributed by atoms with Gasteiger partial charge in [-0.15, -0.1) is 0 Å². The summed E-state index contributed by atoms with van der Waals surface area (Å²) >= 11 is 0. The fourth-order valence-corrected chi connectivity index (χ4v) is 3.73. The Kier molecular flexibility index (Phi) is 6.38. The monoisotopic (exact) mass is 415 g/mol. The number of benzene rings is 2. The van der Waals surface area contributed by atoms with Crippen molar-refractivity contribution in [2.24, 2.45) is 5.73 Å². The highest BCUT2D eigenvalue weighted by molar-refractivity contribution is 5.94. The van der Waals surface area contributed by atoms with E-state index in [1.807, 2.05) is 59.5 Å². The van der Waals surface area contributed by atoms with E-state index < -0.39 is 5.91 Å². The largest absolute Gasteiger partial charge is 0.368 e. The van der Waals surface area contributed by atoms with Crippen LogP contribution < -0.4 is 5.73 Å². The van der Waals surface area contributed by atoms with E-state index in [-0.39, 0.29) is 12.0 Å². The Morgan fingerprint density at radius 1 is 1.03 bits per heavy atom. The Labute approximate surface area is 181 Å². The first-order chi connectivity index (χ1) is 15.1. The molecule has 1 saturated heterocycles. The Morgan fingerprint density at radius 2 is 1.84 bits per heavy atom. The molecule has 1 aromatic heterocycles. The smallest absolute Gasteiger partial charge is 0.248 e. The van der Waals surface area contributed by atoms with Gasteiger partial charge >= 0.3 is 0 Å². The molecule has 0 radical (unpaired) electrons. The lowest BCUT2D eigenvalue weighted by atomic mass is 10.1. The van der Waals surface area contributed by atoms with Crippen LogP contribution in [0.15, 0.2) is 72.8 Å². The van der Waals surface area contributed by atoms with Gasteiger partial charge in [0.15, 0.2) is 0 Å². The van der Waals surface area contributed by atoms with E-state index in [1.54, 1.807) is 18.2 Å². The first-order valence-electron chi connectivity index (χ1n) is 10.4. The van der Waals surface area contributed by atoms with Crippen LogP contribution in [-0.4, -0.2) is 41.4 Å². The molecule has 6 heteroatoms. The summed E-state index contributed by atoms with van der Waals surface area (Å²) < 4.78 is 5.93. The summed E-state index contributed by atoms with van der Waals surface area (Å²) in [6.07, 6.45) is 0.921. The number of primary amides is 1. The lowest BCUT2D eigenvalue weighted by molar-refractivity contribution is -0.139. The number of carbonyl (C=O) groups excluding carboxylic acids is 2. The number of nitrogens with two attached hydrogens (primary N) is 1. The molecule has 0 spiro atoms. The number of pyridine rings is 1. The highest BCUT2D eigenvalue weighted by Crippen LogP contribution is 2.25. The molecule has 0 bridgehead atoms.